The summed E-state index contributed by atoms with van der Waals surface area (Å²) in [6, 6.07) is 11.7. The minimum atomic E-state index is -1.40. The minimum absolute atomic E-state index is 0.298. The fourth-order valence-corrected chi connectivity index (χ4v) is 4.46. The van der Waals surface area contributed by atoms with E-state index in [-0.39, 0.29) is 5.91 Å². The maximum Gasteiger partial charge on any atom is 0.252 e. The van der Waals surface area contributed by atoms with Gasteiger partial charge in [-0.2, -0.15) is 10.2 Å². The number of aryl methyl sites for hydroxylation is 2. The van der Waals surface area contributed by atoms with E-state index in [1.807, 2.05) is 43.5 Å². The van der Waals surface area contributed by atoms with E-state index >= 15 is 0 Å². The number of carbonyl (C=O) groups excluding carboxylic acids is 1. The Balaban J connectivity index is 1.17. The maximum atomic E-state index is 12.9. The number of piperidine rings is 1. The van der Waals surface area contributed by atoms with Gasteiger partial charge in [0.15, 0.2) is 5.82 Å². The standard InChI is InChI=1S/C26H30N8O2/c1-18-12-21(15-22-14-19(2)31-32-22)30-24(13-18)33-10-6-26(36,7-11-33)25(35)28-17-20-4-5-23(27-16-20)34-9-3-8-29-34/h3-5,8-9,12-14,16,36H,6-7,10-11,15,17H2,1-2H3,(H,28,35)(H,31,32). The van der Waals surface area contributed by atoms with Crippen LogP contribution in [0.15, 0.2) is 55.0 Å². The quantitative estimate of drug-likeness (QED) is 0.366. The summed E-state index contributed by atoms with van der Waals surface area (Å²) in [4.78, 5) is 24.2. The van der Waals surface area contributed by atoms with Gasteiger partial charge in [-0.15, -0.1) is 0 Å². The molecule has 4 aromatic rings. The first-order valence-electron chi connectivity index (χ1n) is 12.1. The molecule has 0 aliphatic carbocycles. The highest BCUT2D eigenvalue weighted by atomic mass is 16.3. The van der Waals surface area contributed by atoms with Crippen LogP contribution in [0.2, 0.25) is 0 Å². The predicted molar refractivity (Wildman–Crippen MR) is 135 cm³/mol. The molecule has 0 saturated carbocycles. The number of rotatable bonds is 7. The third-order valence-corrected chi connectivity index (χ3v) is 6.47. The molecule has 0 atom stereocenters. The molecule has 0 bridgehead atoms. The Hall–Kier alpha value is -4.05. The summed E-state index contributed by atoms with van der Waals surface area (Å²) in [6.07, 6.45) is 6.53. The third kappa shape index (κ3) is 5.28. The lowest BCUT2D eigenvalue weighted by atomic mass is 9.90. The smallest absolute Gasteiger partial charge is 0.252 e. The maximum absolute atomic E-state index is 12.9. The topological polar surface area (TPSA) is 125 Å². The van der Waals surface area contributed by atoms with Gasteiger partial charge in [-0.05, 0) is 55.3 Å². The van der Waals surface area contributed by atoms with Crippen molar-refractivity contribution in [2.45, 2.75) is 45.3 Å². The number of nitrogens with one attached hydrogen (secondary N) is 2. The van der Waals surface area contributed by atoms with Crippen LogP contribution in [-0.4, -0.2) is 59.7 Å². The largest absolute Gasteiger partial charge is 0.380 e. The lowest BCUT2D eigenvalue weighted by Gasteiger charge is -2.37. The summed E-state index contributed by atoms with van der Waals surface area (Å²) in [7, 11) is 0. The van der Waals surface area contributed by atoms with E-state index < -0.39 is 5.60 Å². The molecule has 10 heteroatoms. The fraction of sp³-hybridized carbons (Fsp3) is 0.346. The van der Waals surface area contributed by atoms with E-state index in [0.717, 1.165) is 34.0 Å². The van der Waals surface area contributed by atoms with Crippen LogP contribution in [-0.2, 0) is 17.8 Å². The zero-order valence-corrected chi connectivity index (χ0v) is 20.5. The van der Waals surface area contributed by atoms with Gasteiger partial charge in [-0.25, -0.2) is 14.6 Å². The number of hydrogen-bond donors (Lipinski definition) is 3. The van der Waals surface area contributed by atoms with Crippen molar-refractivity contribution >= 4 is 11.7 Å². The van der Waals surface area contributed by atoms with Crippen LogP contribution in [0.5, 0.6) is 0 Å². The second kappa shape index (κ2) is 9.90. The van der Waals surface area contributed by atoms with Gasteiger partial charge in [-0.3, -0.25) is 9.89 Å². The lowest BCUT2D eigenvalue weighted by molar-refractivity contribution is -0.142. The van der Waals surface area contributed by atoms with E-state index in [1.54, 1.807) is 17.1 Å². The Morgan fingerprint density at radius 1 is 1.14 bits per heavy atom. The molecule has 10 nitrogen and oxygen atoms in total. The molecule has 0 radical (unpaired) electrons. The van der Waals surface area contributed by atoms with Crippen molar-refractivity contribution in [3.05, 3.63) is 83.2 Å². The number of H-pyrrole nitrogens is 1. The molecular formula is C26H30N8O2. The lowest BCUT2D eigenvalue weighted by Crippen LogP contribution is -2.53. The molecule has 1 aliphatic heterocycles. The Labute approximate surface area is 209 Å². The van der Waals surface area contributed by atoms with Crippen LogP contribution in [0.25, 0.3) is 5.82 Å². The third-order valence-electron chi connectivity index (χ3n) is 6.47. The molecule has 5 rings (SSSR count). The molecule has 0 aromatic carbocycles. The van der Waals surface area contributed by atoms with Gasteiger partial charge in [0.05, 0.1) is 5.69 Å². The van der Waals surface area contributed by atoms with Crippen molar-refractivity contribution < 1.29 is 9.90 Å². The normalized spacial score (nSPS) is 15.1. The van der Waals surface area contributed by atoms with Crippen LogP contribution < -0.4 is 10.2 Å². The molecule has 5 heterocycles. The predicted octanol–water partition coefficient (Wildman–Crippen LogP) is 2.24. The highest BCUT2D eigenvalue weighted by Gasteiger charge is 2.39. The average Bonchev–Trinajstić information content (AvgIpc) is 3.55. The second-order valence-electron chi connectivity index (χ2n) is 9.39. The number of pyridine rings is 2. The number of aliphatic hydroxyl groups is 1. The van der Waals surface area contributed by atoms with Gasteiger partial charge in [-0.1, -0.05) is 6.07 Å². The van der Waals surface area contributed by atoms with Crippen molar-refractivity contribution in [1.29, 1.82) is 0 Å². The number of hydrogen-bond acceptors (Lipinski definition) is 7. The minimum Gasteiger partial charge on any atom is -0.380 e. The number of amides is 1. The van der Waals surface area contributed by atoms with Crippen molar-refractivity contribution in [3.8, 4) is 5.82 Å². The summed E-state index contributed by atoms with van der Waals surface area (Å²) in [5, 5.41) is 25.4. The number of carbonyl (C=O) groups is 1. The Kier molecular flexibility index (Phi) is 6.51. The van der Waals surface area contributed by atoms with E-state index in [9.17, 15) is 9.90 Å². The Morgan fingerprint density at radius 2 is 1.97 bits per heavy atom. The first-order valence-corrected chi connectivity index (χ1v) is 12.1. The SMILES string of the molecule is Cc1cc(Cc2cc(C)[nH]n2)nc(N2CCC(O)(C(=O)NCc3ccc(-n4cccn4)nc3)CC2)c1. The van der Waals surface area contributed by atoms with Crippen LogP contribution >= 0.6 is 0 Å². The molecular weight excluding hydrogens is 456 g/mol. The number of nitrogens with zero attached hydrogens (tertiary/aromatic N) is 6. The molecule has 3 N–H and O–H groups in total. The second-order valence-corrected chi connectivity index (χ2v) is 9.39. The molecule has 186 valence electrons. The van der Waals surface area contributed by atoms with Gasteiger partial charge >= 0.3 is 0 Å². The summed E-state index contributed by atoms with van der Waals surface area (Å²) in [6.45, 7) is 5.41. The highest BCUT2D eigenvalue weighted by Crippen LogP contribution is 2.27. The van der Waals surface area contributed by atoms with Crippen LogP contribution in [0, 0.1) is 13.8 Å². The molecule has 4 aromatic heterocycles. The summed E-state index contributed by atoms with van der Waals surface area (Å²) >= 11 is 0. The molecule has 1 aliphatic rings. The molecule has 0 spiro atoms. The van der Waals surface area contributed by atoms with Gasteiger partial charge < -0.3 is 15.3 Å². The van der Waals surface area contributed by atoms with E-state index in [1.165, 1.54) is 0 Å². The summed E-state index contributed by atoms with van der Waals surface area (Å²) in [5.41, 5.74) is 3.48. The molecule has 1 fully saturated rings. The van der Waals surface area contributed by atoms with Crippen LogP contribution in [0.3, 0.4) is 0 Å². The zero-order valence-electron chi connectivity index (χ0n) is 20.5. The first-order chi connectivity index (χ1) is 17.4. The van der Waals surface area contributed by atoms with Gasteiger partial charge in [0.25, 0.3) is 5.91 Å². The monoisotopic (exact) mass is 486 g/mol. The number of aromatic nitrogens is 6. The van der Waals surface area contributed by atoms with Crippen LogP contribution in [0.4, 0.5) is 5.82 Å². The highest BCUT2D eigenvalue weighted by molar-refractivity contribution is 5.85. The van der Waals surface area contributed by atoms with Crippen molar-refractivity contribution in [2.24, 2.45) is 0 Å². The van der Waals surface area contributed by atoms with E-state index in [4.69, 9.17) is 4.98 Å². The van der Waals surface area contributed by atoms with E-state index in [0.29, 0.717) is 44.7 Å². The fourth-order valence-electron chi connectivity index (χ4n) is 4.46. The summed E-state index contributed by atoms with van der Waals surface area (Å²) in [5.74, 6) is 1.21. The number of anilines is 1. The van der Waals surface area contributed by atoms with Crippen molar-refractivity contribution in [2.75, 3.05) is 18.0 Å². The number of aromatic amines is 1. The van der Waals surface area contributed by atoms with Gasteiger partial charge in [0.1, 0.15) is 11.4 Å². The van der Waals surface area contributed by atoms with Crippen molar-refractivity contribution in [1.82, 2.24) is 35.3 Å². The molecule has 36 heavy (non-hydrogen) atoms. The Bertz CT molecular complexity index is 1320. The van der Waals surface area contributed by atoms with E-state index in [2.05, 4.69) is 43.5 Å². The molecule has 1 amide bonds. The van der Waals surface area contributed by atoms with Gasteiger partial charge in [0, 0.05) is 68.9 Å². The average molecular weight is 487 g/mol. The Morgan fingerprint density at radius 3 is 2.64 bits per heavy atom. The zero-order chi connectivity index (χ0) is 25.1. The molecule has 1 saturated heterocycles. The van der Waals surface area contributed by atoms with Crippen LogP contribution in [0.1, 0.15) is 41.1 Å². The molecule has 0 unspecified atom stereocenters. The van der Waals surface area contributed by atoms with Crippen molar-refractivity contribution in [3.63, 3.8) is 0 Å². The summed E-state index contributed by atoms with van der Waals surface area (Å²) < 4.78 is 1.67. The first kappa shape index (κ1) is 23.7. The van der Waals surface area contributed by atoms with Gasteiger partial charge in [0.2, 0.25) is 0 Å².